The molecule has 0 bridgehead atoms. The first-order valence-electron chi connectivity index (χ1n) is 7.64. The van der Waals surface area contributed by atoms with Crippen LogP contribution < -0.4 is 5.32 Å². The molecule has 1 saturated heterocycles. The lowest BCUT2D eigenvalue weighted by Crippen LogP contribution is -2.48. The molecule has 3 unspecified atom stereocenters. The topological polar surface area (TPSA) is 69.6 Å². The summed E-state index contributed by atoms with van der Waals surface area (Å²) in [6.07, 6.45) is 4.63. The molecule has 2 fully saturated rings. The number of carboxylic acid groups (broad SMARTS) is 1. The highest BCUT2D eigenvalue weighted by Gasteiger charge is 2.47. The normalized spacial score (nSPS) is 27.3. The van der Waals surface area contributed by atoms with Gasteiger partial charge >= 0.3 is 12.0 Å². The Morgan fingerprint density at radius 2 is 2.05 bits per heavy atom. The number of benzene rings is 1. The van der Waals surface area contributed by atoms with Gasteiger partial charge in [-0.15, -0.1) is 0 Å². The molecule has 1 aromatic carbocycles. The van der Waals surface area contributed by atoms with Crippen LogP contribution in [0.5, 0.6) is 0 Å². The smallest absolute Gasteiger partial charge is 0.326 e. The molecule has 0 radical (unpaired) electrons. The second kappa shape index (κ2) is 6.16. The molecule has 1 heterocycles. The van der Waals surface area contributed by atoms with E-state index in [1.807, 2.05) is 0 Å². The highest BCUT2D eigenvalue weighted by molar-refractivity contribution is 6.30. The van der Waals surface area contributed by atoms with Crippen molar-refractivity contribution < 1.29 is 14.7 Å². The average Bonchev–Trinajstić information content (AvgIpc) is 2.87. The number of carbonyl (C=O) groups is 2. The fourth-order valence-corrected chi connectivity index (χ4v) is 3.92. The van der Waals surface area contributed by atoms with Gasteiger partial charge in [0.25, 0.3) is 0 Å². The summed E-state index contributed by atoms with van der Waals surface area (Å²) >= 11 is 5.92. The third kappa shape index (κ3) is 2.90. The van der Waals surface area contributed by atoms with Gasteiger partial charge in [0.2, 0.25) is 0 Å². The Hall–Kier alpha value is -1.75. The number of amides is 2. The SMILES string of the molecule is O=C(O)C1CC2CCCCC2N1C(=O)Nc1cccc(Cl)c1. The first-order valence-corrected chi connectivity index (χ1v) is 8.02. The summed E-state index contributed by atoms with van der Waals surface area (Å²) < 4.78 is 0. The van der Waals surface area contributed by atoms with Crippen molar-refractivity contribution in [2.45, 2.75) is 44.2 Å². The summed E-state index contributed by atoms with van der Waals surface area (Å²) in [5.74, 6) is -0.615. The van der Waals surface area contributed by atoms with E-state index in [2.05, 4.69) is 5.32 Å². The molecule has 2 amide bonds. The number of halogens is 1. The Kier molecular flexibility index (Phi) is 4.25. The number of anilines is 1. The fourth-order valence-electron chi connectivity index (χ4n) is 3.73. The Morgan fingerprint density at radius 3 is 2.77 bits per heavy atom. The number of nitrogens with one attached hydrogen (secondary N) is 1. The molecule has 3 atom stereocenters. The minimum atomic E-state index is -0.921. The number of carbonyl (C=O) groups excluding carboxylic acids is 1. The molecule has 6 heteroatoms. The van der Waals surface area contributed by atoms with Gasteiger partial charge in [-0.3, -0.25) is 0 Å². The monoisotopic (exact) mass is 322 g/mol. The van der Waals surface area contributed by atoms with Gasteiger partial charge in [0.1, 0.15) is 6.04 Å². The molecule has 118 valence electrons. The second-order valence-electron chi connectivity index (χ2n) is 6.05. The van der Waals surface area contributed by atoms with Crippen molar-refractivity contribution in [2.75, 3.05) is 5.32 Å². The van der Waals surface area contributed by atoms with Crippen LogP contribution in [0.15, 0.2) is 24.3 Å². The van der Waals surface area contributed by atoms with Crippen LogP contribution >= 0.6 is 11.6 Å². The molecule has 1 aliphatic heterocycles. The zero-order chi connectivity index (χ0) is 15.7. The number of hydrogen-bond donors (Lipinski definition) is 2. The van der Waals surface area contributed by atoms with Crippen LogP contribution in [0, 0.1) is 5.92 Å². The summed E-state index contributed by atoms with van der Waals surface area (Å²) in [7, 11) is 0. The molecular weight excluding hydrogens is 304 g/mol. The standard InChI is InChI=1S/C16H19ClN2O3/c17-11-5-3-6-12(9-11)18-16(22)19-13-7-2-1-4-10(13)8-14(19)15(20)21/h3,5-6,9-10,13-14H,1-2,4,7-8H2,(H,18,22)(H,20,21). The molecule has 1 aromatic rings. The molecule has 5 nitrogen and oxygen atoms in total. The Bertz CT molecular complexity index is 593. The van der Waals surface area contributed by atoms with Crippen LogP contribution in [0.3, 0.4) is 0 Å². The van der Waals surface area contributed by atoms with Crippen LogP contribution in [0.4, 0.5) is 10.5 Å². The van der Waals surface area contributed by atoms with Gasteiger partial charge in [-0.1, -0.05) is 30.5 Å². The maximum atomic E-state index is 12.6. The molecule has 1 aliphatic carbocycles. The number of rotatable bonds is 2. The third-order valence-electron chi connectivity index (χ3n) is 4.68. The first kappa shape index (κ1) is 15.2. The molecule has 1 saturated carbocycles. The molecule has 3 rings (SSSR count). The van der Waals surface area contributed by atoms with E-state index < -0.39 is 12.0 Å². The molecule has 2 aliphatic rings. The van der Waals surface area contributed by atoms with Crippen molar-refractivity contribution in [3.8, 4) is 0 Å². The number of fused-ring (bicyclic) bond motifs is 1. The lowest BCUT2D eigenvalue weighted by atomic mass is 9.85. The average molecular weight is 323 g/mol. The fraction of sp³-hybridized carbons (Fsp3) is 0.500. The minimum absolute atomic E-state index is 0.0361. The number of carboxylic acids is 1. The van der Waals surface area contributed by atoms with Crippen LogP contribution in [0.25, 0.3) is 0 Å². The molecular formula is C16H19ClN2O3. The largest absolute Gasteiger partial charge is 0.480 e. The lowest BCUT2D eigenvalue weighted by Gasteiger charge is -2.32. The molecule has 22 heavy (non-hydrogen) atoms. The second-order valence-corrected chi connectivity index (χ2v) is 6.49. The van der Waals surface area contributed by atoms with E-state index in [4.69, 9.17) is 11.6 Å². The van der Waals surface area contributed by atoms with Crippen molar-refractivity contribution in [1.82, 2.24) is 4.90 Å². The summed E-state index contributed by atoms with van der Waals surface area (Å²) in [6.45, 7) is 0. The molecule has 0 spiro atoms. The predicted octanol–water partition coefficient (Wildman–Crippen LogP) is 3.59. The minimum Gasteiger partial charge on any atom is -0.480 e. The number of hydrogen-bond acceptors (Lipinski definition) is 2. The molecule has 2 N–H and O–H groups in total. The predicted molar refractivity (Wildman–Crippen MR) is 84.1 cm³/mol. The number of likely N-dealkylation sites (tertiary alicyclic amines) is 1. The Labute approximate surface area is 134 Å². The van der Waals surface area contributed by atoms with Crippen LogP contribution in [-0.4, -0.2) is 34.1 Å². The highest BCUT2D eigenvalue weighted by Crippen LogP contribution is 2.40. The van der Waals surface area contributed by atoms with E-state index in [9.17, 15) is 14.7 Å². The quantitative estimate of drug-likeness (QED) is 0.874. The number of nitrogens with zero attached hydrogens (tertiary/aromatic N) is 1. The van der Waals surface area contributed by atoms with E-state index in [-0.39, 0.29) is 12.1 Å². The highest BCUT2D eigenvalue weighted by atomic mass is 35.5. The van der Waals surface area contributed by atoms with Gasteiger partial charge in [-0.2, -0.15) is 0 Å². The zero-order valence-corrected chi connectivity index (χ0v) is 12.9. The van der Waals surface area contributed by atoms with Gasteiger partial charge in [0.05, 0.1) is 0 Å². The van der Waals surface area contributed by atoms with Gasteiger partial charge in [-0.25, -0.2) is 9.59 Å². The van der Waals surface area contributed by atoms with Crippen molar-refractivity contribution in [3.05, 3.63) is 29.3 Å². The summed E-state index contributed by atoms with van der Waals surface area (Å²) in [5, 5.41) is 12.8. The van der Waals surface area contributed by atoms with Crippen molar-refractivity contribution >= 4 is 29.3 Å². The lowest BCUT2D eigenvalue weighted by molar-refractivity contribution is -0.141. The maximum Gasteiger partial charge on any atom is 0.326 e. The zero-order valence-electron chi connectivity index (χ0n) is 12.2. The van der Waals surface area contributed by atoms with E-state index in [0.717, 1.165) is 25.7 Å². The van der Waals surface area contributed by atoms with E-state index >= 15 is 0 Å². The van der Waals surface area contributed by atoms with E-state index in [1.54, 1.807) is 24.3 Å². The maximum absolute atomic E-state index is 12.6. The summed E-state index contributed by atoms with van der Waals surface area (Å²) in [5.41, 5.74) is 0.584. The first-order chi connectivity index (χ1) is 10.6. The Balaban J connectivity index is 1.80. The van der Waals surface area contributed by atoms with Gasteiger partial charge in [-0.05, 0) is 43.4 Å². The third-order valence-corrected chi connectivity index (χ3v) is 4.92. The van der Waals surface area contributed by atoms with Crippen molar-refractivity contribution in [1.29, 1.82) is 0 Å². The van der Waals surface area contributed by atoms with Crippen LogP contribution in [-0.2, 0) is 4.79 Å². The van der Waals surface area contributed by atoms with Gasteiger partial charge in [0.15, 0.2) is 0 Å². The summed E-state index contributed by atoms with van der Waals surface area (Å²) in [6, 6.07) is 5.84. The van der Waals surface area contributed by atoms with Crippen LogP contribution in [0.1, 0.15) is 32.1 Å². The Morgan fingerprint density at radius 1 is 1.27 bits per heavy atom. The van der Waals surface area contributed by atoms with Gasteiger partial charge < -0.3 is 15.3 Å². The number of urea groups is 1. The molecule has 0 aromatic heterocycles. The van der Waals surface area contributed by atoms with Crippen molar-refractivity contribution in [2.24, 2.45) is 5.92 Å². The van der Waals surface area contributed by atoms with E-state index in [1.165, 1.54) is 4.90 Å². The van der Waals surface area contributed by atoms with Crippen molar-refractivity contribution in [3.63, 3.8) is 0 Å². The number of aliphatic carboxylic acids is 1. The summed E-state index contributed by atoms with van der Waals surface area (Å²) in [4.78, 5) is 25.7. The van der Waals surface area contributed by atoms with Gasteiger partial charge in [0, 0.05) is 16.8 Å². The van der Waals surface area contributed by atoms with E-state index in [0.29, 0.717) is 23.0 Å². The van der Waals surface area contributed by atoms with Crippen LogP contribution in [0.2, 0.25) is 5.02 Å².